The minimum atomic E-state index is -0.523. The third-order valence-corrected chi connectivity index (χ3v) is 4.98. The second-order valence-electron chi connectivity index (χ2n) is 6.68. The van der Waals surface area contributed by atoms with Crippen LogP contribution in [0.5, 0.6) is 0 Å². The summed E-state index contributed by atoms with van der Waals surface area (Å²) >= 11 is 5.97. The number of nitrogens with one attached hydrogen (secondary N) is 1. The van der Waals surface area contributed by atoms with Crippen molar-refractivity contribution in [2.24, 2.45) is 5.92 Å². The zero-order valence-corrected chi connectivity index (χ0v) is 14.0. The Kier molecular flexibility index (Phi) is 6.09. The van der Waals surface area contributed by atoms with Gasteiger partial charge in [0.05, 0.1) is 5.60 Å². The molecule has 0 aliphatic heterocycles. The Hall–Kier alpha value is -0.570. The first-order chi connectivity index (χ1) is 10.0. The number of rotatable bonds is 6. The molecule has 1 fully saturated rings. The Labute approximate surface area is 133 Å². The van der Waals surface area contributed by atoms with Crippen LogP contribution in [0.3, 0.4) is 0 Å². The third-order valence-electron chi connectivity index (χ3n) is 4.73. The topological polar surface area (TPSA) is 32.3 Å². The van der Waals surface area contributed by atoms with Gasteiger partial charge in [-0.15, -0.1) is 0 Å². The van der Waals surface area contributed by atoms with Crippen LogP contribution in [0.4, 0.5) is 0 Å². The Morgan fingerprint density at radius 1 is 1.29 bits per heavy atom. The standard InChI is InChI=1S/C18H28ClNO/c1-3-4-17(15-5-7-16(19)8-6-15)20-13-18(21)11-9-14(2)10-12-18/h5-8,14,17,20-21H,3-4,9-13H2,1-2H3. The summed E-state index contributed by atoms with van der Waals surface area (Å²) in [6.07, 6.45) is 6.31. The molecular formula is C18H28ClNO. The zero-order chi connectivity index (χ0) is 15.3. The van der Waals surface area contributed by atoms with Crippen molar-refractivity contribution in [2.75, 3.05) is 6.54 Å². The molecule has 1 aliphatic rings. The molecule has 118 valence electrons. The van der Waals surface area contributed by atoms with E-state index >= 15 is 0 Å². The number of hydrogen-bond donors (Lipinski definition) is 2. The Morgan fingerprint density at radius 3 is 2.48 bits per heavy atom. The van der Waals surface area contributed by atoms with E-state index in [9.17, 15) is 5.11 Å². The highest BCUT2D eigenvalue weighted by molar-refractivity contribution is 6.30. The molecule has 0 saturated heterocycles. The van der Waals surface area contributed by atoms with Crippen LogP contribution in [0.2, 0.25) is 5.02 Å². The third kappa shape index (κ3) is 4.98. The van der Waals surface area contributed by atoms with Gasteiger partial charge < -0.3 is 10.4 Å². The average molecular weight is 310 g/mol. The minimum Gasteiger partial charge on any atom is -0.389 e. The molecular weight excluding hydrogens is 282 g/mol. The van der Waals surface area contributed by atoms with Crippen molar-refractivity contribution in [1.29, 1.82) is 0 Å². The first kappa shape index (κ1) is 16.8. The number of halogens is 1. The summed E-state index contributed by atoms with van der Waals surface area (Å²) in [7, 11) is 0. The summed E-state index contributed by atoms with van der Waals surface area (Å²) in [6.45, 7) is 5.16. The van der Waals surface area contributed by atoms with Crippen molar-refractivity contribution in [2.45, 2.75) is 64.0 Å². The molecule has 1 aromatic carbocycles. The average Bonchev–Trinajstić information content (AvgIpc) is 2.48. The van der Waals surface area contributed by atoms with Crippen molar-refractivity contribution >= 4 is 11.6 Å². The van der Waals surface area contributed by atoms with Crippen LogP contribution >= 0.6 is 11.6 Å². The molecule has 3 heteroatoms. The van der Waals surface area contributed by atoms with Crippen LogP contribution in [-0.4, -0.2) is 17.3 Å². The zero-order valence-electron chi connectivity index (χ0n) is 13.2. The van der Waals surface area contributed by atoms with Gasteiger partial charge in [0.1, 0.15) is 0 Å². The summed E-state index contributed by atoms with van der Waals surface area (Å²) in [6, 6.07) is 8.36. The fourth-order valence-corrected chi connectivity index (χ4v) is 3.29. The molecule has 1 saturated carbocycles. The van der Waals surface area contributed by atoms with Gasteiger partial charge >= 0.3 is 0 Å². The lowest BCUT2D eigenvalue weighted by atomic mass is 9.79. The van der Waals surface area contributed by atoms with Crippen molar-refractivity contribution in [3.8, 4) is 0 Å². The van der Waals surface area contributed by atoms with Crippen LogP contribution in [-0.2, 0) is 0 Å². The number of hydrogen-bond acceptors (Lipinski definition) is 2. The lowest BCUT2D eigenvalue weighted by Gasteiger charge is -2.36. The Morgan fingerprint density at radius 2 is 1.90 bits per heavy atom. The SMILES string of the molecule is CCCC(NCC1(O)CCC(C)CC1)c1ccc(Cl)cc1. The van der Waals surface area contributed by atoms with Crippen LogP contribution < -0.4 is 5.32 Å². The van der Waals surface area contributed by atoms with Crippen LogP contribution in [0.15, 0.2) is 24.3 Å². The van der Waals surface area contributed by atoms with Gasteiger partial charge in [0.2, 0.25) is 0 Å². The molecule has 0 radical (unpaired) electrons. The molecule has 0 aromatic heterocycles. The Bertz CT molecular complexity index is 423. The predicted molar refractivity (Wildman–Crippen MR) is 89.7 cm³/mol. The van der Waals surface area contributed by atoms with Crippen molar-refractivity contribution < 1.29 is 5.11 Å². The molecule has 0 spiro atoms. The fourth-order valence-electron chi connectivity index (χ4n) is 3.16. The van der Waals surface area contributed by atoms with E-state index in [0.29, 0.717) is 12.6 Å². The van der Waals surface area contributed by atoms with E-state index in [0.717, 1.165) is 49.5 Å². The predicted octanol–water partition coefficient (Wildman–Crippen LogP) is 4.71. The highest BCUT2D eigenvalue weighted by Crippen LogP contribution is 2.32. The lowest BCUT2D eigenvalue weighted by Crippen LogP contribution is -2.44. The van der Waals surface area contributed by atoms with Gasteiger partial charge in [0.25, 0.3) is 0 Å². The summed E-state index contributed by atoms with van der Waals surface area (Å²) in [4.78, 5) is 0. The minimum absolute atomic E-state index is 0.302. The molecule has 2 N–H and O–H groups in total. The van der Waals surface area contributed by atoms with Gasteiger partial charge in [0.15, 0.2) is 0 Å². The van der Waals surface area contributed by atoms with Gasteiger partial charge in [-0.1, -0.05) is 44.0 Å². The van der Waals surface area contributed by atoms with E-state index in [4.69, 9.17) is 11.6 Å². The second-order valence-corrected chi connectivity index (χ2v) is 7.12. The van der Waals surface area contributed by atoms with Crippen LogP contribution in [0.25, 0.3) is 0 Å². The smallest absolute Gasteiger partial charge is 0.0772 e. The maximum absolute atomic E-state index is 10.7. The number of benzene rings is 1. The maximum Gasteiger partial charge on any atom is 0.0772 e. The van der Waals surface area contributed by atoms with Crippen LogP contribution in [0.1, 0.15) is 64.0 Å². The van der Waals surface area contributed by atoms with E-state index in [1.165, 1.54) is 5.56 Å². The molecule has 1 aromatic rings. The second kappa shape index (κ2) is 7.62. The van der Waals surface area contributed by atoms with Gasteiger partial charge in [-0.3, -0.25) is 0 Å². The molecule has 2 nitrogen and oxygen atoms in total. The summed E-state index contributed by atoms with van der Waals surface area (Å²) in [5.41, 5.74) is 0.735. The molecule has 0 heterocycles. The summed E-state index contributed by atoms with van der Waals surface area (Å²) < 4.78 is 0. The number of aliphatic hydroxyl groups is 1. The summed E-state index contributed by atoms with van der Waals surface area (Å²) in [5.74, 6) is 0.757. The normalized spacial score (nSPS) is 27.5. The fraction of sp³-hybridized carbons (Fsp3) is 0.667. The first-order valence-corrected chi connectivity index (χ1v) is 8.61. The largest absolute Gasteiger partial charge is 0.389 e. The van der Waals surface area contributed by atoms with E-state index < -0.39 is 5.60 Å². The van der Waals surface area contributed by atoms with Gasteiger partial charge in [0, 0.05) is 17.6 Å². The van der Waals surface area contributed by atoms with E-state index in [1.807, 2.05) is 12.1 Å². The van der Waals surface area contributed by atoms with Gasteiger partial charge in [-0.25, -0.2) is 0 Å². The van der Waals surface area contributed by atoms with E-state index in [2.05, 4.69) is 31.3 Å². The van der Waals surface area contributed by atoms with Gasteiger partial charge in [-0.05, 0) is 55.7 Å². The van der Waals surface area contributed by atoms with E-state index in [-0.39, 0.29) is 0 Å². The van der Waals surface area contributed by atoms with Crippen molar-refractivity contribution in [3.05, 3.63) is 34.9 Å². The van der Waals surface area contributed by atoms with E-state index in [1.54, 1.807) is 0 Å². The highest BCUT2D eigenvalue weighted by Gasteiger charge is 2.32. The quantitative estimate of drug-likeness (QED) is 0.797. The lowest BCUT2D eigenvalue weighted by molar-refractivity contribution is -0.00843. The van der Waals surface area contributed by atoms with Crippen molar-refractivity contribution in [3.63, 3.8) is 0 Å². The highest BCUT2D eigenvalue weighted by atomic mass is 35.5. The molecule has 2 rings (SSSR count). The monoisotopic (exact) mass is 309 g/mol. The molecule has 0 amide bonds. The van der Waals surface area contributed by atoms with Gasteiger partial charge in [-0.2, -0.15) is 0 Å². The summed E-state index contributed by atoms with van der Waals surface area (Å²) in [5, 5.41) is 15.1. The molecule has 1 unspecified atom stereocenters. The Balaban J connectivity index is 1.95. The first-order valence-electron chi connectivity index (χ1n) is 8.23. The van der Waals surface area contributed by atoms with Crippen molar-refractivity contribution in [1.82, 2.24) is 5.32 Å². The molecule has 0 bridgehead atoms. The molecule has 21 heavy (non-hydrogen) atoms. The van der Waals surface area contributed by atoms with Crippen LogP contribution in [0, 0.1) is 5.92 Å². The molecule has 1 atom stereocenters. The molecule has 1 aliphatic carbocycles. The maximum atomic E-state index is 10.7.